The summed E-state index contributed by atoms with van der Waals surface area (Å²) >= 11 is 13.7. The van der Waals surface area contributed by atoms with Crippen molar-refractivity contribution in [3.05, 3.63) is 63.2 Å². The lowest BCUT2D eigenvalue weighted by molar-refractivity contribution is -0.113. The van der Waals surface area contributed by atoms with Crippen LogP contribution in [0.2, 0.25) is 10.0 Å². The highest BCUT2D eigenvalue weighted by atomic mass is 35.5. The third-order valence-corrected chi connectivity index (χ3v) is 7.05. The first-order chi connectivity index (χ1) is 16.1. The molecule has 2 aliphatic heterocycles. The predicted molar refractivity (Wildman–Crippen MR) is 135 cm³/mol. The zero-order valence-corrected chi connectivity index (χ0v) is 20.0. The Balaban J connectivity index is 1.31. The molecule has 0 unspecified atom stereocenters. The molecule has 1 amide bonds. The summed E-state index contributed by atoms with van der Waals surface area (Å²) in [6, 6.07) is 11.2. The van der Waals surface area contributed by atoms with E-state index >= 15 is 0 Å². The van der Waals surface area contributed by atoms with E-state index in [4.69, 9.17) is 27.9 Å². The van der Waals surface area contributed by atoms with Crippen molar-refractivity contribution in [1.82, 2.24) is 14.5 Å². The van der Waals surface area contributed by atoms with Gasteiger partial charge >= 0.3 is 0 Å². The minimum atomic E-state index is -0.299. The quantitative estimate of drug-likeness (QED) is 0.508. The van der Waals surface area contributed by atoms with Crippen molar-refractivity contribution in [1.29, 1.82) is 0 Å². The number of thioether (sulfide) groups is 1. The zero-order chi connectivity index (χ0) is 22.8. The first kappa shape index (κ1) is 22.4. The number of anilines is 1. The molecule has 0 spiro atoms. The molecule has 1 fully saturated rings. The monoisotopic (exact) mass is 501 g/mol. The van der Waals surface area contributed by atoms with Gasteiger partial charge in [0, 0.05) is 26.2 Å². The molecule has 0 aliphatic carbocycles. The zero-order valence-electron chi connectivity index (χ0n) is 17.6. The van der Waals surface area contributed by atoms with Gasteiger partial charge in [0.05, 0.1) is 51.2 Å². The van der Waals surface area contributed by atoms with Gasteiger partial charge in [-0.2, -0.15) is 4.99 Å². The number of nitrogens with zero attached hydrogens (tertiary/aromatic N) is 4. The minimum absolute atomic E-state index is 0.299. The first-order valence-corrected chi connectivity index (χ1v) is 12.1. The summed E-state index contributed by atoms with van der Waals surface area (Å²) < 4.78 is 7.58. The summed E-state index contributed by atoms with van der Waals surface area (Å²) in [5.74, 6) is -0.299. The summed E-state index contributed by atoms with van der Waals surface area (Å²) in [4.78, 5) is 24.0. The van der Waals surface area contributed by atoms with E-state index in [9.17, 15) is 4.79 Å². The Kier molecular flexibility index (Phi) is 6.71. The van der Waals surface area contributed by atoms with Gasteiger partial charge < -0.3 is 14.6 Å². The number of hydrogen-bond donors (Lipinski definition) is 1. The van der Waals surface area contributed by atoms with Gasteiger partial charge in [0.25, 0.3) is 5.91 Å². The van der Waals surface area contributed by atoms with Crippen molar-refractivity contribution in [3.63, 3.8) is 0 Å². The van der Waals surface area contributed by atoms with Crippen molar-refractivity contribution in [2.75, 3.05) is 38.2 Å². The van der Waals surface area contributed by atoms with Crippen molar-refractivity contribution >= 4 is 68.8 Å². The lowest BCUT2D eigenvalue weighted by atomic mass is 10.2. The van der Waals surface area contributed by atoms with E-state index in [1.807, 2.05) is 24.5 Å². The van der Waals surface area contributed by atoms with Crippen LogP contribution in [-0.2, 0) is 16.1 Å². The highest BCUT2D eigenvalue weighted by Crippen LogP contribution is 2.34. The van der Waals surface area contributed by atoms with E-state index in [2.05, 4.69) is 30.8 Å². The molecule has 5 rings (SSSR count). The Labute approximate surface area is 205 Å². The molecular formula is C23H21Cl2N5O2S. The van der Waals surface area contributed by atoms with Crippen LogP contribution in [-0.4, -0.2) is 58.4 Å². The second-order valence-corrected chi connectivity index (χ2v) is 9.54. The Bertz CT molecular complexity index is 1250. The minimum Gasteiger partial charge on any atom is -0.379 e. The maximum Gasteiger partial charge on any atom is 0.286 e. The number of morpholine rings is 1. The van der Waals surface area contributed by atoms with Crippen LogP contribution in [0.15, 0.2) is 52.6 Å². The summed E-state index contributed by atoms with van der Waals surface area (Å²) in [6.45, 7) is 5.28. The van der Waals surface area contributed by atoms with Crippen LogP contribution < -0.4 is 5.32 Å². The molecular weight excluding hydrogens is 481 g/mol. The Morgan fingerprint density at radius 1 is 1.12 bits per heavy atom. The smallest absolute Gasteiger partial charge is 0.286 e. The Hall–Kier alpha value is -2.36. The molecule has 3 heterocycles. The Morgan fingerprint density at radius 3 is 2.70 bits per heavy atom. The van der Waals surface area contributed by atoms with Crippen molar-refractivity contribution < 1.29 is 9.53 Å². The summed E-state index contributed by atoms with van der Waals surface area (Å²) in [6.07, 6.45) is 3.72. The molecule has 0 radical (unpaired) electrons. The highest BCUT2D eigenvalue weighted by Gasteiger charge is 2.23. The standard InChI is InChI=1S/C23H21Cl2N5O2S/c24-16-2-1-3-17(25)21(16)27-23-28-22(31)20(33-23)13-15-4-5-18-19(12-15)30(14-26-18)7-6-29-8-10-32-11-9-29/h1-5,12-14H,6-11H2,(H,27,28,31)/b20-13-. The molecule has 0 atom stereocenters. The van der Waals surface area contributed by atoms with Gasteiger partial charge in [0.15, 0.2) is 5.17 Å². The van der Waals surface area contributed by atoms with Crippen molar-refractivity contribution in [2.45, 2.75) is 6.54 Å². The van der Waals surface area contributed by atoms with Crippen LogP contribution >= 0.6 is 35.0 Å². The van der Waals surface area contributed by atoms with E-state index in [0.717, 1.165) is 56.0 Å². The first-order valence-electron chi connectivity index (χ1n) is 10.6. The van der Waals surface area contributed by atoms with E-state index in [-0.39, 0.29) is 5.91 Å². The number of rotatable bonds is 5. The number of aromatic nitrogens is 2. The number of amides is 1. The van der Waals surface area contributed by atoms with Gasteiger partial charge in [-0.15, -0.1) is 0 Å². The maximum atomic E-state index is 12.5. The van der Waals surface area contributed by atoms with Crippen LogP contribution in [0.5, 0.6) is 0 Å². The number of fused-ring (bicyclic) bond motifs is 1. The lowest BCUT2D eigenvalue weighted by Crippen LogP contribution is -2.38. The van der Waals surface area contributed by atoms with Crippen LogP contribution in [0.3, 0.4) is 0 Å². The molecule has 0 saturated carbocycles. The lowest BCUT2D eigenvalue weighted by Gasteiger charge is -2.26. The van der Waals surface area contributed by atoms with Gasteiger partial charge in [-0.25, -0.2) is 4.98 Å². The number of ether oxygens (including phenoxy) is 1. The Morgan fingerprint density at radius 2 is 1.91 bits per heavy atom. The number of hydrogen-bond acceptors (Lipinski definition) is 6. The molecule has 1 aromatic heterocycles. The SMILES string of the molecule is O=C1N=C(Nc2c(Cl)cccc2Cl)S/C1=C\c1ccc2ncn(CCN3CCOCC3)c2c1. The highest BCUT2D eigenvalue weighted by molar-refractivity contribution is 8.18. The van der Waals surface area contributed by atoms with Gasteiger partial charge in [-0.1, -0.05) is 35.3 Å². The number of carbonyl (C=O) groups is 1. The average Bonchev–Trinajstić information content (AvgIpc) is 3.38. The molecule has 170 valence electrons. The van der Waals surface area contributed by atoms with Crippen LogP contribution in [0.4, 0.5) is 5.69 Å². The van der Waals surface area contributed by atoms with E-state index < -0.39 is 0 Å². The van der Waals surface area contributed by atoms with Crippen molar-refractivity contribution in [3.8, 4) is 0 Å². The van der Waals surface area contributed by atoms with Crippen LogP contribution in [0, 0.1) is 0 Å². The molecule has 3 aromatic rings. The van der Waals surface area contributed by atoms with Crippen LogP contribution in [0.1, 0.15) is 5.56 Å². The van der Waals surface area contributed by atoms with Gasteiger partial charge in [-0.05, 0) is 47.7 Å². The molecule has 2 aliphatic rings. The number of halogens is 2. The van der Waals surface area contributed by atoms with E-state index in [1.54, 1.807) is 18.2 Å². The molecule has 7 nitrogen and oxygen atoms in total. The third-order valence-electron chi connectivity index (χ3n) is 5.52. The summed E-state index contributed by atoms with van der Waals surface area (Å²) in [5.41, 5.74) is 3.41. The second kappa shape index (κ2) is 9.87. The van der Waals surface area contributed by atoms with E-state index in [1.165, 1.54) is 11.8 Å². The van der Waals surface area contributed by atoms with E-state index in [0.29, 0.717) is 25.8 Å². The number of aliphatic imine (C=N–C) groups is 1. The fourth-order valence-corrected chi connectivity index (χ4v) is 5.06. The number of benzene rings is 2. The number of nitrogens with one attached hydrogen (secondary N) is 1. The van der Waals surface area contributed by atoms with Crippen LogP contribution in [0.25, 0.3) is 17.1 Å². The number of carbonyl (C=O) groups excluding carboxylic acids is 1. The van der Waals surface area contributed by atoms with Gasteiger partial charge in [-0.3, -0.25) is 9.69 Å². The molecule has 0 bridgehead atoms. The largest absolute Gasteiger partial charge is 0.379 e. The molecule has 10 heteroatoms. The molecule has 2 aromatic carbocycles. The van der Waals surface area contributed by atoms with Gasteiger partial charge in [0.1, 0.15) is 0 Å². The fourth-order valence-electron chi connectivity index (χ4n) is 3.75. The molecule has 1 saturated heterocycles. The molecule has 1 N–H and O–H groups in total. The normalized spacial score (nSPS) is 18.3. The second-order valence-electron chi connectivity index (χ2n) is 7.69. The third kappa shape index (κ3) is 5.10. The summed E-state index contributed by atoms with van der Waals surface area (Å²) in [7, 11) is 0. The number of amidine groups is 1. The summed E-state index contributed by atoms with van der Waals surface area (Å²) in [5, 5.41) is 4.44. The predicted octanol–water partition coefficient (Wildman–Crippen LogP) is 4.76. The number of para-hydroxylation sites is 1. The van der Waals surface area contributed by atoms with Crippen molar-refractivity contribution in [2.24, 2.45) is 4.99 Å². The number of imidazole rings is 1. The average molecular weight is 502 g/mol. The topological polar surface area (TPSA) is 71.8 Å². The fraction of sp³-hybridized carbons (Fsp3) is 0.261. The maximum absolute atomic E-state index is 12.5. The van der Waals surface area contributed by atoms with Gasteiger partial charge in [0.2, 0.25) is 0 Å². The molecule has 33 heavy (non-hydrogen) atoms.